The van der Waals surface area contributed by atoms with Crippen molar-refractivity contribution >= 4 is 23.3 Å². The van der Waals surface area contributed by atoms with Gasteiger partial charge in [-0.2, -0.15) is 0 Å². The molecule has 1 amide bonds. The number of methoxy groups -OCH3 is 1. The topological polar surface area (TPSA) is 71.5 Å². The van der Waals surface area contributed by atoms with Crippen molar-refractivity contribution < 1.29 is 9.53 Å². The first-order valence-corrected chi connectivity index (χ1v) is 10.6. The minimum Gasteiger partial charge on any atom is -0.495 e. The van der Waals surface area contributed by atoms with Crippen LogP contribution in [0.1, 0.15) is 27.4 Å². The third-order valence-electron chi connectivity index (χ3n) is 5.12. The maximum Gasteiger partial charge on any atom is 0.254 e. The van der Waals surface area contributed by atoms with Gasteiger partial charge in [0.1, 0.15) is 28.2 Å². The number of halogens is 1. The molecule has 1 aromatic carbocycles. The zero-order chi connectivity index (χ0) is 22.5. The summed E-state index contributed by atoms with van der Waals surface area (Å²) >= 11 is 6.07. The maximum atomic E-state index is 13.1. The van der Waals surface area contributed by atoms with Gasteiger partial charge in [-0.1, -0.05) is 23.6 Å². The van der Waals surface area contributed by atoms with E-state index in [-0.39, 0.29) is 5.91 Å². The Kier molecular flexibility index (Phi) is 6.52. The number of aryl methyl sites for hydroxylation is 1. The van der Waals surface area contributed by atoms with Gasteiger partial charge in [-0.3, -0.25) is 4.79 Å². The predicted molar refractivity (Wildman–Crippen MR) is 123 cm³/mol. The highest BCUT2D eigenvalue weighted by atomic mass is 35.5. The van der Waals surface area contributed by atoms with E-state index in [1.54, 1.807) is 37.6 Å². The van der Waals surface area contributed by atoms with Gasteiger partial charge >= 0.3 is 0 Å². The molecule has 0 aliphatic carbocycles. The fourth-order valence-corrected chi connectivity index (χ4v) is 3.73. The van der Waals surface area contributed by atoms with Gasteiger partial charge in [0, 0.05) is 44.0 Å². The van der Waals surface area contributed by atoms with Gasteiger partial charge in [0.05, 0.1) is 12.7 Å². The molecule has 32 heavy (non-hydrogen) atoms. The molecule has 0 N–H and O–H groups in total. The summed E-state index contributed by atoms with van der Waals surface area (Å²) < 4.78 is 5.42. The van der Waals surface area contributed by atoms with E-state index in [4.69, 9.17) is 16.3 Å². The molecule has 8 heteroatoms. The summed E-state index contributed by atoms with van der Waals surface area (Å²) in [4.78, 5) is 29.9. The van der Waals surface area contributed by atoms with E-state index in [9.17, 15) is 4.79 Å². The van der Waals surface area contributed by atoms with Gasteiger partial charge in [0.15, 0.2) is 0 Å². The van der Waals surface area contributed by atoms with Crippen LogP contribution < -0.4 is 9.64 Å². The molecule has 0 radical (unpaired) electrons. The molecule has 2 aromatic heterocycles. The summed E-state index contributed by atoms with van der Waals surface area (Å²) in [5.74, 6) is 8.08. The lowest BCUT2D eigenvalue weighted by Crippen LogP contribution is -2.49. The van der Waals surface area contributed by atoms with E-state index in [2.05, 4.69) is 31.7 Å². The lowest BCUT2D eigenvalue weighted by Gasteiger charge is -2.35. The molecule has 0 bridgehead atoms. The van der Waals surface area contributed by atoms with E-state index in [1.807, 2.05) is 30.0 Å². The van der Waals surface area contributed by atoms with Gasteiger partial charge in [-0.15, -0.1) is 0 Å². The first-order valence-electron chi connectivity index (χ1n) is 10.2. The Balaban J connectivity index is 1.48. The number of nitrogens with zero attached hydrogens (tertiary/aromatic N) is 5. The highest BCUT2D eigenvalue weighted by molar-refractivity contribution is 6.29. The number of benzene rings is 1. The first-order chi connectivity index (χ1) is 15.5. The molecule has 3 heterocycles. The molecule has 1 saturated heterocycles. The van der Waals surface area contributed by atoms with Gasteiger partial charge in [-0.05, 0) is 43.2 Å². The third kappa shape index (κ3) is 4.98. The standard InChI is InChI=1S/C24H22ClN5O2/c1-17-27-22(25)16-23(28-17)29-11-13-30(14-12-29)24(31)19-7-9-21(32-2)18(15-19)6-8-20-5-3-4-10-26-20/h3-5,7,9-10,15-16H,11-14H2,1-2H3. The normalized spacial score (nSPS) is 13.3. The fourth-order valence-electron chi connectivity index (χ4n) is 3.51. The zero-order valence-corrected chi connectivity index (χ0v) is 18.6. The number of hydrogen-bond donors (Lipinski definition) is 0. The molecule has 1 fully saturated rings. The second-order valence-corrected chi connectivity index (χ2v) is 7.64. The molecular formula is C24H22ClN5O2. The number of aromatic nitrogens is 3. The highest BCUT2D eigenvalue weighted by Gasteiger charge is 2.24. The Morgan fingerprint density at radius 1 is 1.06 bits per heavy atom. The number of hydrogen-bond acceptors (Lipinski definition) is 6. The van der Waals surface area contributed by atoms with Crippen molar-refractivity contribution in [2.75, 3.05) is 38.2 Å². The van der Waals surface area contributed by atoms with Crippen LogP contribution in [0, 0.1) is 18.8 Å². The Morgan fingerprint density at radius 3 is 2.56 bits per heavy atom. The molecule has 0 atom stereocenters. The lowest BCUT2D eigenvalue weighted by atomic mass is 10.1. The van der Waals surface area contributed by atoms with Crippen LogP contribution >= 0.6 is 11.6 Å². The molecule has 0 unspecified atom stereocenters. The van der Waals surface area contributed by atoms with Crippen LogP contribution in [0.25, 0.3) is 0 Å². The molecule has 1 aliphatic rings. The summed E-state index contributed by atoms with van der Waals surface area (Å²) in [7, 11) is 1.59. The third-order valence-corrected chi connectivity index (χ3v) is 5.31. The maximum absolute atomic E-state index is 13.1. The number of rotatable bonds is 3. The van der Waals surface area contributed by atoms with Crippen LogP contribution in [-0.4, -0.2) is 59.0 Å². The number of amides is 1. The molecule has 7 nitrogen and oxygen atoms in total. The number of piperazine rings is 1. The molecule has 4 rings (SSSR count). The van der Waals surface area contributed by atoms with Crippen molar-refractivity contribution in [3.05, 3.63) is 76.5 Å². The summed E-state index contributed by atoms with van der Waals surface area (Å²) in [6.07, 6.45) is 1.69. The largest absolute Gasteiger partial charge is 0.495 e. The monoisotopic (exact) mass is 447 g/mol. The van der Waals surface area contributed by atoms with Gasteiger partial charge in [0.2, 0.25) is 0 Å². The van der Waals surface area contributed by atoms with Crippen molar-refractivity contribution in [2.24, 2.45) is 0 Å². The second-order valence-electron chi connectivity index (χ2n) is 7.26. The Bertz CT molecular complexity index is 1160. The summed E-state index contributed by atoms with van der Waals surface area (Å²) in [5, 5.41) is 0.420. The average Bonchev–Trinajstić information content (AvgIpc) is 2.82. The SMILES string of the molecule is COc1ccc(C(=O)N2CCN(c3cc(Cl)nc(C)n3)CC2)cc1C#Cc1ccccn1. The van der Waals surface area contributed by atoms with Crippen molar-refractivity contribution in [2.45, 2.75) is 6.92 Å². The second kappa shape index (κ2) is 9.67. The quantitative estimate of drug-likeness (QED) is 0.453. The minimum absolute atomic E-state index is 0.0370. The van der Waals surface area contributed by atoms with Gasteiger partial charge < -0.3 is 14.5 Å². The molecular weight excluding hydrogens is 426 g/mol. The van der Waals surface area contributed by atoms with Crippen LogP contribution in [0.3, 0.4) is 0 Å². The summed E-state index contributed by atoms with van der Waals surface area (Å²) in [6, 6.07) is 12.6. The smallest absolute Gasteiger partial charge is 0.254 e. The zero-order valence-electron chi connectivity index (χ0n) is 17.9. The number of pyridine rings is 1. The van der Waals surface area contributed by atoms with E-state index in [0.29, 0.717) is 59.7 Å². The average molecular weight is 448 g/mol. The van der Waals surface area contributed by atoms with Crippen LogP contribution in [0.2, 0.25) is 5.15 Å². The summed E-state index contributed by atoms with van der Waals surface area (Å²) in [6.45, 7) is 4.32. The number of ether oxygens (including phenoxy) is 1. The van der Waals surface area contributed by atoms with Crippen molar-refractivity contribution in [1.82, 2.24) is 19.9 Å². The Morgan fingerprint density at radius 2 is 1.88 bits per heavy atom. The first kappa shape index (κ1) is 21.6. The minimum atomic E-state index is -0.0370. The fraction of sp³-hybridized carbons (Fsp3) is 0.250. The molecule has 3 aromatic rings. The van der Waals surface area contributed by atoms with Crippen LogP contribution in [0.5, 0.6) is 5.75 Å². The highest BCUT2D eigenvalue weighted by Crippen LogP contribution is 2.22. The molecule has 0 spiro atoms. The van der Waals surface area contributed by atoms with Crippen molar-refractivity contribution in [3.8, 4) is 17.6 Å². The molecule has 0 saturated carbocycles. The van der Waals surface area contributed by atoms with Crippen LogP contribution in [0.15, 0.2) is 48.7 Å². The Hall–Kier alpha value is -3.63. The van der Waals surface area contributed by atoms with Crippen molar-refractivity contribution in [3.63, 3.8) is 0 Å². The van der Waals surface area contributed by atoms with Crippen LogP contribution in [0.4, 0.5) is 5.82 Å². The van der Waals surface area contributed by atoms with Crippen LogP contribution in [-0.2, 0) is 0 Å². The molecule has 162 valence electrons. The number of anilines is 1. The van der Waals surface area contributed by atoms with E-state index in [1.165, 1.54) is 0 Å². The number of carbonyl (C=O) groups excluding carboxylic acids is 1. The predicted octanol–water partition coefficient (Wildman–Crippen LogP) is 3.20. The van der Waals surface area contributed by atoms with Crippen molar-refractivity contribution in [1.29, 1.82) is 0 Å². The van der Waals surface area contributed by atoms with E-state index >= 15 is 0 Å². The van der Waals surface area contributed by atoms with Gasteiger partial charge in [0.25, 0.3) is 5.91 Å². The number of carbonyl (C=O) groups is 1. The van der Waals surface area contributed by atoms with E-state index in [0.717, 1.165) is 5.82 Å². The Labute approximate surface area is 192 Å². The molecule has 1 aliphatic heterocycles. The van der Waals surface area contributed by atoms with E-state index < -0.39 is 0 Å². The lowest BCUT2D eigenvalue weighted by molar-refractivity contribution is 0.0746. The summed E-state index contributed by atoms with van der Waals surface area (Å²) in [5.41, 5.74) is 1.88. The van der Waals surface area contributed by atoms with Gasteiger partial charge in [-0.25, -0.2) is 15.0 Å².